The number of carbonyl (C=O) groups is 1. The number of carbonyl (C=O) groups excluding carboxylic acids is 1. The Kier molecular flexibility index (Phi) is 7.62. The van der Waals surface area contributed by atoms with E-state index in [4.69, 9.17) is 13.9 Å². The van der Waals surface area contributed by atoms with E-state index in [0.29, 0.717) is 22.9 Å². The fourth-order valence-corrected chi connectivity index (χ4v) is 4.68. The number of nitrogens with one attached hydrogen (secondary N) is 2. The van der Waals surface area contributed by atoms with Crippen LogP contribution in [-0.4, -0.2) is 53.5 Å². The molecule has 0 spiro atoms. The van der Waals surface area contributed by atoms with Gasteiger partial charge in [0.05, 0.1) is 43.3 Å². The highest BCUT2D eigenvalue weighted by Gasteiger charge is 2.29. The molecule has 2 N–H and O–H groups in total. The summed E-state index contributed by atoms with van der Waals surface area (Å²) < 4.78 is 61.0. The summed E-state index contributed by atoms with van der Waals surface area (Å²) in [5, 5.41) is 9.62. The monoisotopic (exact) mass is 544 g/mol. The number of hydrogen-bond acceptors (Lipinski definition) is 9. The van der Waals surface area contributed by atoms with E-state index in [1.165, 1.54) is 38.9 Å². The van der Waals surface area contributed by atoms with Crippen molar-refractivity contribution in [3.63, 3.8) is 0 Å². The summed E-state index contributed by atoms with van der Waals surface area (Å²) >= 11 is 0. The van der Waals surface area contributed by atoms with Crippen molar-refractivity contribution >= 4 is 27.6 Å². The molecule has 0 bridgehead atoms. The molecule has 3 aromatic heterocycles. The molecule has 0 aliphatic rings. The van der Waals surface area contributed by atoms with Gasteiger partial charge in [-0.2, -0.15) is 0 Å². The molecule has 0 aliphatic heterocycles. The molecule has 0 fully saturated rings. The Balaban J connectivity index is 1.75. The Morgan fingerprint density at radius 1 is 1.16 bits per heavy atom. The molecule has 0 saturated carbocycles. The fourth-order valence-electron chi connectivity index (χ4n) is 3.72. The molecule has 0 radical (unpaired) electrons. The molecule has 38 heavy (non-hydrogen) atoms. The van der Waals surface area contributed by atoms with Crippen molar-refractivity contribution in [1.82, 2.24) is 19.7 Å². The minimum absolute atomic E-state index is 0.0848. The normalized spacial score (nSPS) is 12.1. The van der Waals surface area contributed by atoms with Crippen molar-refractivity contribution in [2.24, 2.45) is 0 Å². The van der Waals surface area contributed by atoms with Gasteiger partial charge in [0, 0.05) is 19.4 Å². The first-order chi connectivity index (χ1) is 18.1. The number of anilines is 2. The lowest BCUT2D eigenvalue weighted by Gasteiger charge is -2.19. The van der Waals surface area contributed by atoms with Crippen molar-refractivity contribution in [3.05, 3.63) is 60.4 Å². The highest BCUT2D eigenvalue weighted by Crippen LogP contribution is 2.38. The molecule has 0 aliphatic carbocycles. The van der Waals surface area contributed by atoms with Gasteiger partial charge in [-0.3, -0.25) is 19.1 Å². The highest BCUT2D eigenvalue weighted by atomic mass is 32.2. The third-order valence-electron chi connectivity index (χ3n) is 5.52. The topological polar surface area (TPSA) is 150 Å². The van der Waals surface area contributed by atoms with E-state index in [-0.39, 0.29) is 29.6 Å². The summed E-state index contributed by atoms with van der Waals surface area (Å²) in [6.45, 7) is 2.70. The van der Waals surface area contributed by atoms with E-state index < -0.39 is 27.0 Å². The van der Waals surface area contributed by atoms with E-state index in [0.717, 1.165) is 12.3 Å². The van der Waals surface area contributed by atoms with Crippen LogP contribution in [0.3, 0.4) is 0 Å². The molecule has 0 unspecified atom stereocenters. The van der Waals surface area contributed by atoms with Gasteiger partial charge in [-0.05, 0) is 31.2 Å². The van der Waals surface area contributed by atoms with Crippen LogP contribution in [0.15, 0.2) is 53.3 Å². The molecule has 200 valence electrons. The van der Waals surface area contributed by atoms with Crippen LogP contribution in [0.2, 0.25) is 0 Å². The first-order valence-electron chi connectivity index (χ1n) is 11.3. The van der Waals surface area contributed by atoms with Gasteiger partial charge in [-0.15, -0.1) is 10.2 Å². The molecule has 4 rings (SSSR count). The second-order valence-corrected chi connectivity index (χ2v) is 10.3. The average molecular weight is 545 g/mol. The summed E-state index contributed by atoms with van der Waals surface area (Å²) in [7, 11) is -1.20. The molecular formula is C24H25FN6O6S. The number of halogens is 1. The van der Waals surface area contributed by atoms with Gasteiger partial charge in [-0.25, -0.2) is 12.8 Å². The molecule has 1 amide bonds. The SMILES string of the molecule is COc1cccc(OC)c1-n1c(NS(=O)(=O)[C@@H](C)Cc2ncc(F)cc2NC(C)=O)nnc1-c1ccco1. The zero-order valence-corrected chi connectivity index (χ0v) is 21.7. The number of para-hydroxylation sites is 1. The van der Waals surface area contributed by atoms with Crippen molar-refractivity contribution < 1.29 is 31.5 Å². The van der Waals surface area contributed by atoms with Crippen LogP contribution in [0.4, 0.5) is 16.0 Å². The van der Waals surface area contributed by atoms with E-state index >= 15 is 0 Å². The quantitative estimate of drug-likeness (QED) is 0.306. The van der Waals surface area contributed by atoms with Crippen LogP contribution in [0.5, 0.6) is 11.5 Å². The van der Waals surface area contributed by atoms with Crippen molar-refractivity contribution in [3.8, 4) is 28.8 Å². The van der Waals surface area contributed by atoms with Crippen molar-refractivity contribution in [2.75, 3.05) is 24.3 Å². The first-order valence-corrected chi connectivity index (χ1v) is 12.8. The van der Waals surface area contributed by atoms with Gasteiger partial charge in [-0.1, -0.05) is 6.07 Å². The average Bonchev–Trinajstić information content (AvgIpc) is 3.54. The minimum Gasteiger partial charge on any atom is -0.494 e. The maximum Gasteiger partial charge on any atom is 0.243 e. The maximum absolute atomic E-state index is 13.7. The Bertz CT molecular complexity index is 1530. The Hall–Kier alpha value is -4.46. The van der Waals surface area contributed by atoms with Gasteiger partial charge in [0.15, 0.2) is 5.76 Å². The number of furan rings is 1. The molecule has 1 aromatic carbocycles. The summed E-state index contributed by atoms with van der Waals surface area (Å²) in [6, 6.07) is 9.45. The zero-order chi connectivity index (χ0) is 27.4. The number of benzene rings is 1. The van der Waals surface area contributed by atoms with Crippen LogP contribution >= 0.6 is 0 Å². The van der Waals surface area contributed by atoms with Gasteiger partial charge < -0.3 is 19.2 Å². The standard InChI is InChI=1S/C24H25FN6O6S/c1-14(11-17-18(27-15(2)32)12-16(25)13-26-17)38(33,34)30-24-29-28-23(21-9-6-10-37-21)31(24)22-19(35-3)7-5-8-20(22)36-4/h5-10,12-14H,11H2,1-4H3,(H,27,32)(H,29,30)/t14-/m0/s1. The van der Waals surface area contributed by atoms with Gasteiger partial charge in [0.25, 0.3) is 0 Å². The number of methoxy groups -OCH3 is 2. The van der Waals surface area contributed by atoms with Crippen molar-refractivity contribution in [1.29, 1.82) is 0 Å². The lowest BCUT2D eigenvalue weighted by molar-refractivity contribution is -0.114. The fraction of sp³-hybridized carbons (Fsp3) is 0.250. The van der Waals surface area contributed by atoms with Gasteiger partial charge in [0.1, 0.15) is 23.0 Å². The summed E-state index contributed by atoms with van der Waals surface area (Å²) in [4.78, 5) is 15.5. The summed E-state index contributed by atoms with van der Waals surface area (Å²) in [5.41, 5.74) is 0.623. The second-order valence-electron chi connectivity index (χ2n) is 8.16. The lowest BCUT2D eigenvalue weighted by Crippen LogP contribution is -2.29. The number of ether oxygens (including phenoxy) is 2. The van der Waals surface area contributed by atoms with E-state index in [1.54, 1.807) is 30.3 Å². The Morgan fingerprint density at radius 2 is 1.87 bits per heavy atom. The summed E-state index contributed by atoms with van der Waals surface area (Å²) in [6.07, 6.45) is 2.26. The zero-order valence-electron chi connectivity index (χ0n) is 20.9. The summed E-state index contributed by atoms with van der Waals surface area (Å²) in [5.74, 6) is -0.0372. The van der Waals surface area contributed by atoms with Crippen LogP contribution < -0.4 is 19.5 Å². The van der Waals surface area contributed by atoms with Gasteiger partial charge in [0.2, 0.25) is 27.7 Å². The van der Waals surface area contributed by atoms with Crippen molar-refractivity contribution in [2.45, 2.75) is 25.5 Å². The number of amides is 1. The molecule has 1 atom stereocenters. The van der Waals surface area contributed by atoms with E-state index in [1.807, 2.05) is 0 Å². The largest absolute Gasteiger partial charge is 0.494 e. The smallest absolute Gasteiger partial charge is 0.243 e. The highest BCUT2D eigenvalue weighted by molar-refractivity contribution is 7.93. The Labute approximate surface area is 217 Å². The third-order valence-corrected chi connectivity index (χ3v) is 7.21. The van der Waals surface area contributed by atoms with Crippen LogP contribution in [0.25, 0.3) is 17.3 Å². The van der Waals surface area contributed by atoms with E-state index in [2.05, 4.69) is 25.2 Å². The lowest BCUT2D eigenvalue weighted by atomic mass is 10.2. The van der Waals surface area contributed by atoms with E-state index in [9.17, 15) is 17.6 Å². The molecule has 3 heterocycles. The van der Waals surface area contributed by atoms with Crippen LogP contribution in [0, 0.1) is 5.82 Å². The predicted molar refractivity (Wildman–Crippen MR) is 136 cm³/mol. The second kappa shape index (κ2) is 10.9. The molecule has 4 aromatic rings. The Morgan fingerprint density at radius 3 is 2.47 bits per heavy atom. The van der Waals surface area contributed by atoms with Gasteiger partial charge >= 0.3 is 0 Å². The molecule has 0 saturated heterocycles. The number of hydrogen-bond donors (Lipinski definition) is 2. The molecule has 14 heteroatoms. The maximum atomic E-state index is 13.7. The number of pyridine rings is 1. The number of rotatable bonds is 10. The minimum atomic E-state index is -4.12. The van der Waals surface area contributed by atoms with Crippen LogP contribution in [0.1, 0.15) is 19.5 Å². The number of sulfonamides is 1. The third kappa shape index (κ3) is 5.44. The number of nitrogens with zero attached hydrogens (tertiary/aromatic N) is 4. The van der Waals surface area contributed by atoms with Crippen LogP contribution in [-0.2, 0) is 21.2 Å². The molecular weight excluding hydrogens is 519 g/mol. The molecule has 12 nitrogen and oxygen atoms in total. The first kappa shape index (κ1) is 26.6. The number of aromatic nitrogens is 4. The predicted octanol–water partition coefficient (Wildman–Crippen LogP) is 3.41.